The van der Waals surface area contributed by atoms with E-state index in [4.69, 9.17) is 5.53 Å². The van der Waals surface area contributed by atoms with Crippen molar-refractivity contribution in [1.29, 1.82) is 0 Å². The normalized spacial score (nSPS) is 17.2. The number of fused-ring (bicyclic) bond motifs is 3. The number of nitrogens with zero attached hydrogens (tertiary/aromatic N) is 6. The highest BCUT2D eigenvalue weighted by Crippen LogP contribution is 2.50. The van der Waals surface area contributed by atoms with E-state index >= 15 is 0 Å². The summed E-state index contributed by atoms with van der Waals surface area (Å²) < 4.78 is 1.93. The molecular formula is C20H14N6S. The topological polar surface area (TPSA) is 79.5 Å². The minimum atomic E-state index is -0.674. The fourth-order valence-electron chi connectivity index (χ4n) is 3.86. The third-order valence-electron chi connectivity index (χ3n) is 5.00. The summed E-state index contributed by atoms with van der Waals surface area (Å²) in [4.78, 5) is 4.11. The summed E-state index contributed by atoms with van der Waals surface area (Å²) in [6, 6.07) is 22.3. The molecule has 4 aromatic rings. The van der Waals surface area contributed by atoms with Crippen LogP contribution in [0.1, 0.15) is 10.4 Å². The molecule has 1 aliphatic rings. The first kappa shape index (κ1) is 15.8. The fraction of sp³-hybridized carbons (Fsp3) is 0.100. The molecule has 0 radical (unpaired) electrons. The Labute approximate surface area is 159 Å². The molecule has 130 valence electrons. The number of hydrogen-bond acceptors (Lipinski definition) is 4. The van der Waals surface area contributed by atoms with Crippen molar-refractivity contribution in [2.75, 3.05) is 6.54 Å². The van der Waals surface area contributed by atoms with Crippen LogP contribution in [0.3, 0.4) is 0 Å². The Hall–Kier alpha value is -3.41. The number of hydrogen-bond donors (Lipinski definition) is 0. The first-order chi connectivity index (χ1) is 13.4. The lowest BCUT2D eigenvalue weighted by atomic mass is 9.88. The van der Waals surface area contributed by atoms with E-state index in [0.29, 0.717) is 0 Å². The standard InChI is InChI=1S/C20H14N6S/c21-24-22-13-20(17-11-6-12-27-17)16-10-5-4-9-15(16)19-18(23-25-26(19)20)14-7-2-1-3-8-14/h1-12H,13H2. The first-order valence-electron chi connectivity index (χ1n) is 8.52. The molecule has 0 saturated carbocycles. The molecule has 27 heavy (non-hydrogen) atoms. The molecular weight excluding hydrogens is 356 g/mol. The summed E-state index contributed by atoms with van der Waals surface area (Å²) in [5, 5.41) is 15.0. The van der Waals surface area contributed by atoms with Gasteiger partial charge in [0.25, 0.3) is 0 Å². The quantitative estimate of drug-likeness (QED) is 0.285. The van der Waals surface area contributed by atoms with E-state index in [0.717, 1.165) is 33.0 Å². The van der Waals surface area contributed by atoms with E-state index in [1.54, 1.807) is 11.3 Å². The number of aromatic nitrogens is 3. The van der Waals surface area contributed by atoms with Crippen molar-refractivity contribution in [3.63, 3.8) is 0 Å². The van der Waals surface area contributed by atoms with E-state index in [2.05, 4.69) is 38.5 Å². The first-order valence-corrected chi connectivity index (χ1v) is 9.40. The van der Waals surface area contributed by atoms with Crippen molar-refractivity contribution in [1.82, 2.24) is 15.0 Å². The second-order valence-corrected chi connectivity index (χ2v) is 7.28. The highest BCUT2D eigenvalue weighted by Gasteiger charge is 2.47. The van der Waals surface area contributed by atoms with Gasteiger partial charge in [0.2, 0.25) is 0 Å². The van der Waals surface area contributed by atoms with Gasteiger partial charge in [-0.25, -0.2) is 4.68 Å². The molecule has 0 aliphatic carbocycles. The van der Waals surface area contributed by atoms with Crippen molar-refractivity contribution in [3.8, 4) is 22.5 Å². The summed E-state index contributed by atoms with van der Waals surface area (Å²) in [6.45, 7) is 0.242. The summed E-state index contributed by atoms with van der Waals surface area (Å²) in [5.41, 5.74) is 13.3. The van der Waals surface area contributed by atoms with Crippen LogP contribution in [-0.2, 0) is 5.54 Å². The van der Waals surface area contributed by atoms with Crippen LogP contribution in [0.4, 0.5) is 0 Å². The highest BCUT2D eigenvalue weighted by molar-refractivity contribution is 7.10. The zero-order valence-corrected chi connectivity index (χ0v) is 15.0. The summed E-state index contributed by atoms with van der Waals surface area (Å²) >= 11 is 1.63. The van der Waals surface area contributed by atoms with Gasteiger partial charge in [0.1, 0.15) is 11.2 Å². The van der Waals surface area contributed by atoms with Gasteiger partial charge < -0.3 is 0 Å². The molecule has 0 amide bonds. The zero-order valence-electron chi connectivity index (χ0n) is 14.2. The van der Waals surface area contributed by atoms with E-state index in [1.807, 2.05) is 58.6 Å². The molecule has 0 spiro atoms. The number of benzene rings is 2. The molecule has 7 heteroatoms. The van der Waals surface area contributed by atoms with Crippen LogP contribution < -0.4 is 0 Å². The zero-order chi connectivity index (χ0) is 18.3. The van der Waals surface area contributed by atoms with Gasteiger partial charge in [0.05, 0.1) is 12.2 Å². The average molecular weight is 370 g/mol. The Morgan fingerprint density at radius 2 is 1.85 bits per heavy atom. The maximum atomic E-state index is 9.03. The minimum absolute atomic E-state index is 0.242. The van der Waals surface area contributed by atoms with Gasteiger partial charge in [-0.05, 0) is 22.5 Å². The Morgan fingerprint density at radius 3 is 2.63 bits per heavy atom. The lowest BCUT2D eigenvalue weighted by Gasteiger charge is -2.28. The smallest absolute Gasteiger partial charge is 0.130 e. The monoisotopic (exact) mass is 370 g/mol. The third kappa shape index (κ3) is 2.16. The van der Waals surface area contributed by atoms with E-state index in [1.165, 1.54) is 0 Å². The molecule has 1 unspecified atom stereocenters. The van der Waals surface area contributed by atoms with Gasteiger partial charge >= 0.3 is 0 Å². The second-order valence-electron chi connectivity index (χ2n) is 6.34. The van der Waals surface area contributed by atoms with Crippen LogP contribution in [0, 0.1) is 0 Å². The Balaban J connectivity index is 1.86. The highest BCUT2D eigenvalue weighted by atomic mass is 32.1. The van der Waals surface area contributed by atoms with Crippen molar-refractivity contribution >= 4 is 11.3 Å². The van der Waals surface area contributed by atoms with Crippen molar-refractivity contribution in [3.05, 3.63) is 93.0 Å². The van der Waals surface area contributed by atoms with Crippen LogP contribution >= 0.6 is 11.3 Å². The molecule has 2 aromatic heterocycles. The van der Waals surface area contributed by atoms with Gasteiger partial charge in [-0.3, -0.25) is 0 Å². The van der Waals surface area contributed by atoms with Gasteiger partial charge in [0, 0.05) is 20.9 Å². The molecule has 5 rings (SSSR count). The molecule has 6 nitrogen and oxygen atoms in total. The van der Waals surface area contributed by atoms with Crippen molar-refractivity contribution in [2.24, 2.45) is 5.11 Å². The van der Waals surface area contributed by atoms with Crippen LogP contribution in [0.25, 0.3) is 33.0 Å². The van der Waals surface area contributed by atoms with Gasteiger partial charge in [-0.1, -0.05) is 71.0 Å². The Morgan fingerprint density at radius 1 is 1.04 bits per heavy atom. The number of thiophene rings is 1. The van der Waals surface area contributed by atoms with Gasteiger partial charge in [-0.15, -0.1) is 16.4 Å². The van der Waals surface area contributed by atoms with E-state index in [-0.39, 0.29) is 6.54 Å². The molecule has 3 heterocycles. The molecule has 0 saturated heterocycles. The van der Waals surface area contributed by atoms with Crippen molar-refractivity contribution in [2.45, 2.75) is 5.54 Å². The summed E-state index contributed by atoms with van der Waals surface area (Å²) in [5.74, 6) is 0. The van der Waals surface area contributed by atoms with Crippen LogP contribution in [-0.4, -0.2) is 21.5 Å². The largest absolute Gasteiger partial charge is 0.228 e. The summed E-state index contributed by atoms with van der Waals surface area (Å²) in [7, 11) is 0. The van der Waals surface area contributed by atoms with Gasteiger partial charge in [-0.2, -0.15) is 0 Å². The predicted molar refractivity (Wildman–Crippen MR) is 105 cm³/mol. The van der Waals surface area contributed by atoms with E-state index < -0.39 is 5.54 Å². The number of rotatable bonds is 4. The lowest BCUT2D eigenvalue weighted by Crippen LogP contribution is -2.36. The fourth-order valence-corrected chi connectivity index (χ4v) is 4.78. The molecule has 0 N–H and O–H groups in total. The molecule has 2 aromatic carbocycles. The predicted octanol–water partition coefficient (Wildman–Crippen LogP) is 5.09. The van der Waals surface area contributed by atoms with Crippen LogP contribution in [0.15, 0.2) is 77.2 Å². The Bertz CT molecular complexity index is 1160. The number of azide groups is 1. The molecule has 1 aliphatic heterocycles. The Kier molecular flexibility index (Phi) is 3.57. The van der Waals surface area contributed by atoms with Gasteiger partial charge in [0.15, 0.2) is 0 Å². The minimum Gasteiger partial charge on any atom is -0.228 e. The van der Waals surface area contributed by atoms with E-state index in [9.17, 15) is 0 Å². The van der Waals surface area contributed by atoms with Crippen molar-refractivity contribution < 1.29 is 0 Å². The summed E-state index contributed by atoms with van der Waals surface area (Å²) in [6.07, 6.45) is 0. The molecule has 0 bridgehead atoms. The lowest BCUT2D eigenvalue weighted by molar-refractivity contribution is 0.414. The maximum Gasteiger partial charge on any atom is 0.130 e. The SMILES string of the molecule is [N-]=[N+]=NCC1(c2cccs2)c2ccccc2-c2c(-c3ccccc3)nnn21. The average Bonchev–Trinajstić information content (AvgIpc) is 3.44. The molecule has 0 fully saturated rings. The maximum absolute atomic E-state index is 9.03. The van der Waals surface area contributed by atoms with Crippen LogP contribution in [0.2, 0.25) is 0 Å². The molecule has 1 atom stereocenters. The third-order valence-corrected chi connectivity index (χ3v) is 6.02. The second kappa shape index (κ2) is 6.09. The van der Waals surface area contributed by atoms with Crippen LogP contribution in [0.5, 0.6) is 0 Å².